The zero-order valence-corrected chi connectivity index (χ0v) is 14.7. The number of hydrogen-bond acceptors (Lipinski definition) is 3. The highest BCUT2D eigenvalue weighted by molar-refractivity contribution is 5.97. The lowest BCUT2D eigenvalue weighted by Gasteiger charge is -2.37. The first-order valence-electron chi connectivity index (χ1n) is 8.55. The van der Waals surface area contributed by atoms with Gasteiger partial charge in [-0.25, -0.2) is 4.39 Å². The number of hydrogen-bond donors (Lipinski definition) is 1. The van der Waals surface area contributed by atoms with Crippen LogP contribution in [0.15, 0.2) is 42.6 Å². The van der Waals surface area contributed by atoms with Crippen LogP contribution in [0.1, 0.15) is 23.7 Å². The summed E-state index contributed by atoms with van der Waals surface area (Å²) in [6.07, 6.45) is 1.74. The van der Waals surface area contributed by atoms with Crippen LogP contribution in [0.5, 0.6) is 0 Å². The highest BCUT2D eigenvalue weighted by atomic mass is 19.1. The molecule has 0 fully saturated rings. The first kappa shape index (κ1) is 18.1. The highest BCUT2D eigenvalue weighted by Gasteiger charge is 2.32. The standard InChI is InChI=1S/C19H22FN3O3/c1-26-12-8-21-17(24)13-18(25)23-11-10-22-9-2-3-16(22)19(23)14-4-6-15(20)7-5-14/h2-7,9,19H,8,10-13H2,1H3,(H,21,24). The Morgan fingerprint density at radius 1 is 1.23 bits per heavy atom. The van der Waals surface area contributed by atoms with E-state index in [-0.39, 0.29) is 30.1 Å². The van der Waals surface area contributed by atoms with Gasteiger partial charge in [-0.1, -0.05) is 12.1 Å². The Balaban J connectivity index is 1.79. The Hall–Kier alpha value is -2.67. The van der Waals surface area contributed by atoms with Crippen molar-refractivity contribution in [1.29, 1.82) is 0 Å². The van der Waals surface area contributed by atoms with Gasteiger partial charge in [0.25, 0.3) is 0 Å². The van der Waals surface area contributed by atoms with Gasteiger partial charge < -0.3 is 19.5 Å². The van der Waals surface area contributed by atoms with Crippen molar-refractivity contribution in [2.75, 3.05) is 26.8 Å². The third kappa shape index (κ3) is 3.94. The van der Waals surface area contributed by atoms with E-state index in [1.807, 2.05) is 18.3 Å². The van der Waals surface area contributed by atoms with E-state index >= 15 is 0 Å². The first-order chi connectivity index (χ1) is 12.6. The molecule has 6 nitrogen and oxygen atoms in total. The Morgan fingerprint density at radius 2 is 2.00 bits per heavy atom. The number of carbonyl (C=O) groups excluding carboxylic acids is 2. The average molecular weight is 359 g/mol. The Bertz CT molecular complexity index is 773. The predicted octanol–water partition coefficient (Wildman–Crippen LogP) is 1.71. The third-order valence-electron chi connectivity index (χ3n) is 4.48. The number of benzene rings is 1. The Morgan fingerprint density at radius 3 is 2.73 bits per heavy atom. The molecule has 1 aliphatic rings. The second kappa shape index (κ2) is 8.14. The number of nitrogens with zero attached hydrogens (tertiary/aromatic N) is 2. The molecule has 0 saturated heterocycles. The minimum Gasteiger partial charge on any atom is -0.383 e. The molecule has 0 aliphatic carbocycles. The summed E-state index contributed by atoms with van der Waals surface area (Å²) in [5.74, 6) is -0.900. The second-order valence-electron chi connectivity index (χ2n) is 6.19. The molecule has 1 N–H and O–H groups in total. The SMILES string of the molecule is COCCNC(=O)CC(=O)N1CCn2cccc2C1c1ccc(F)cc1. The summed E-state index contributed by atoms with van der Waals surface area (Å²) in [5.41, 5.74) is 1.77. The molecule has 1 aromatic heterocycles. The van der Waals surface area contributed by atoms with Crippen molar-refractivity contribution < 1.29 is 18.7 Å². The van der Waals surface area contributed by atoms with Crippen molar-refractivity contribution in [2.45, 2.75) is 19.0 Å². The number of fused-ring (bicyclic) bond motifs is 1. The molecule has 138 valence electrons. The number of nitrogens with one attached hydrogen (secondary N) is 1. The molecule has 3 rings (SSSR count). The average Bonchev–Trinajstić information content (AvgIpc) is 3.10. The summed E-state index contributed by atoms with van der Waals surface area (Å²) in [6.45, 7) is 1.92. The molecule has 2 aromatic rings. The topological polar surface area (TPSA) is 63.6 Å². The van der Waals surface area contributed by atoms with E-state index < -0.39 is 0 Å². The van der Waals surface area contributed by atoms with E-state index in [2.05, 4.69) is 9.88 Å². The van der Waals surface area contributed by atoms with E-state index in [1.165, 1.54) is 12.1 Å². The summed E-state index contributed by atoms with van der Waals surface area (Å²) in [5, 5.41) is 2.66. The lowest BCUT2D eigenvalue weighted by molar-refractivity contribution is -0.138. The van der Waals surface area contributed by atoms with Crippen molar-refractivity contribution in [3.05, 3.63) is 59.7 Å². The van der Waals surface area contributed by atoms with E-state index in [0.29, 0.717) is 26.2 Å². The monoisotopic (exact) mass is 359 g/mol. The van der Waals surface area contributed by atoms with Gasteiger partial charge in [0.05, 0.1) is 12.6 Å². The predicted molar refractivity (Wildman–Crippen MR) is 93.9 cm³/mol. The lowest BCUT2D eigenvalue weighted by atomic mass is 9.99. The highest BCUT2D eigenvalue weighted by Crippen LogP contribution is 2.32. The molecule has 1 atom stereocenters. The van der Waals surface area contributed by atoms with Crippen molar-refractivity contribution in [1.82, 2.24) is 14.8 Å². The minimum atomic E-state index is -0.335. The molecular weight excluding hydrogens is 337 g/mol. The molecule has 7 heteroatoms. The minimum absolute atomic E-state index is 0.220. The largest absolute Gasteiger partial charge is 0.383 e. The first-order valence-corrected chi connectivity index (χ1v) is 8.55. The maximum Gasteiger partial charge on any atom is 0.232 e. The molecule has 2 heterocycles. The fourth-order valence-corrected chi connectivity index (χ4v) is 3.24. The van der Waals surface area contributed by atoms with Crippen LogP contribution in [0.4, 0.5) is 4.39 Å². The summed E-state index contributed by atoms with van der Waals surface area (Å²) < 4.78 is 20.3. The molecule has 2 amide bonds. The van der Waals surface area contributed by atoms with Gasteiger partial charge >= 0.3 is 0 Å². The zero-order valence-electron chi connectivity index (χ0n) is 14.7. The lowest BCUT2D eigenvalue weighted by Crippen LogP contribution is -2.44. The zero-order chi connectivity index (χ0) is 18.5. The van der Waals surface area contributed by atoms with E-state index in [0.717, 1.165) is 11.3 Å². The quantitative estimate of drug-likeness (QED) is 0.631. The molecule has 1 unspecified atom stereocenters. The van der Waals surface area contributed by atoms with Crippen LogP contribution >= 0.6 is 0 Å². The number of halogens is 1. The number of ether oxygens (including phenoxy) is 1. The molecule has 0 radical (unpaired) electrons. The van der Waals surface area contributed by atoms with Crippen molar-refractivity contribution in [3.63, 3.8) is 0 Å². The molecule has 1 aromatic carbocycles. The van der Waals surface area contributed by atoms with Gasteiger partial charge in [-0.15, -0.1) is 0 Å². The number of carbonyl (C=O) groups is 2. The molecule has 1 aliphatic heterocycles. The van der Waals surface area contributed by atoms with Gasteiger partial charge in [-0.2, -0.15) is 0 Å². The van der Waals surface area contributed by atoms with Gasteiger partial charge in [0, 0.05) is 38.6 Å². The fraction of sp³-hybridized carbons (Fsp3) is 0.368. The smallest absolute Gasteiger partial charge is 0.232 e. The summed E-state index contributed by atoms with van der Waals surface area (Å²) >= 11 is 0. The van der Waals surface area contributed by atoms with Crippen LogP contribution in [0.2, 0.25) is 0 Å². The van der Waals surface area contributed by atoms with E-state index in [9.17, 15) is 14.0 Å². The summed E-state index contributed by atoms with van der Waals surface area (Å²) in [7, 11) is 1.55. The van der Waals surface area contributed by atoms with E-state index in [1.54, 1.807) is 24.1 Å². The van der Waals surface area contributed by atoms with Gasteiger partial charge in [0.1, 0.15) is 12.2 Å². The Labute approximate surface area is 151 Å². The van der Waals surface area contributed by atoms with E-state index in [4.69, 9.17) is 4.74 Å². The molecule has 0 saturated carbocycles. The van der Waals surface area contributed by atoms with Crippen LogP contribution in [-0.4, -0.2) is 48.1 Å². The van der Waals surface area contributed by atoms with Crippen molar-refractivity contribution >= 4 is 11.8 Å². The number of aromatic nitrogens is 1. The molecular formula is C19H22FN3O3. The van der Waals surface area contributed by atoms with Gasteiger partial charge in [-0.05, 0) is 29.8 Å². The normalized spacial score (nSPS) is 16.2. The Kier molecular flexibility index (Phi) is 5.68. The van der Waals surface area contributed by atoms with Crippen molar-refractivity contribution in [3.8, 4) is 0 Å². The number of amides is 2. The van der Waals surface area contributed by atoms with Crippen LogP contribution in [0, 0.1) is 5.82 Å². The van der Waals surface area contributed by atoms with Crippen LogP contribution in [0.25, 0.3) is 0 Å². The van der Waals surface area contributed by atoms with Crippen LogP contribution in [0.3, 0.4) is 0 Å². The fourth-order valence-electron chi connectivity index (χ4n) is 3.24. The maximum atomic E-state index is 13.3. The number of methoxy groups -OCH3 is 1. The van der Waals surface area contributed by atoms with Gasteiger partial charge in [-0.3, -0.25) is 9.59 Å². The van der Waals surface area contributed by atoms with Crippen LogP contribution < -0.4 is 5.32 Å². The summed E-state index contributed by atoms with van der Waals surface area (Å²) in [4.78, 5) is 26.5. The third-order valence-corrected chi connectivity index (χ3v) is 4.48. The summed E-state index contributed by atoms with van der Waals surface area (Å²) in [6, 6.07) is 9.68. The second-order valence-corrected chi connectivity index (χ2v) is 6.19. The van der Waals surface area contributed by atoms with Crippen molar-refractivity contribution in [2.24, 2.45) is 0 Å². The molecule has 0 bridgehead atoms. The number of rotatable bonds is 6. The van der Waals surface area contributed by atoms with Crippen LogP contribution in [-0.2, 0) is 20.9 Å². The maximum absolute atomic E-state index is 13.3. The van der Waals surface area contributed by atoms with Gasteiger partial charge in [0.2, 0.25) is 11.8 Å². The molecule has 26 heavy (non-hydrogen) atoms. The van der Waals surface area contributed by atoms with Gasteiger partial charge in [0.15, 0.2) is 0 Å². The molecule has 0 spiro atoms.